The summed E-state index contributed by atoms with van der Waals surface area (Å²) in [6, 6.07) is 5.83. The maximum absolute atomic E-state index is 12.0. The molecule has 9 heteroatoms. The molecule has 0 spiro atoms. The number of rotatable bonds is 4. The van der Waals surface area contributed by atoms with E-state index in [4.69, 9.17) is 4.74 Å². The van der Waals surface area contributed by atoms with Crippen molar-refractivity contribution in [3.8, 4) is 11.4 Å². The maximum Gasteiger partial charge on any atom is 0.407 e. The fraction of sp³-hybridized carbons (Fsp3) is 0.450. The van der Waals surface area contributed by atoms with E-state index in [9.17, 15) is 4.79 Å². The van der Waals surface area contributed by atoms with Gasteiger partial charge in [-0.1, -0.05) is 0 Å². The van der Waals surface area contributed by atoms with Crippen LogP contribution in [0.2, 0.25) is 0 Å². The van der Waals surface area contributed by atoms with Crippen molar-refractivity contribution in [1.82, 2.24) is 29.9 Å². The normalized spacial score (nSPS) is 19.3. The monoisotopic (exact) mass is 395 g/mol. The van der Waals surface area contributed by atoms with Gasteiger partial charge < -0.3 is 15.4 Å². The van der Waals surface area contributed by atoms with Crippen molar-refractivity contribution >= 4 is 17.7 Å². The summed E-state index contributed by atoms with van der Waals surface area (Å²) >= 11 is 0. The summed E-state index contributed by atoms with van der Waals surface area (Å²) < 4.78 is 7.04. The fourth-order valence-electron chi connectivity index (χ4n) is 3.43. The molecule has 2 N–H and O–H groups in total. The molecule has 4 rings (SSSR count). The second kappa shape index (κ2) is 7.65. The molecule has 0 radical (unpaired) electrons. The predicted molar refractivity (Wildman–Crippen MR) is 108 cm³/mol. The van der Waals surface area contributed by atoms with E-state index in [0.29, 0.717) is 5.95 Å². The summed E-state index contributed by atoms with van der Waals surface area (Å²) in [6.45, 7) is 5.57. The number of amides is 1. The SMILES string of the molecule is CC(C)(C)OC(=O)N[C@H]1CC[C@H](Nc2nccc(-c3ccn4nccc4n3)n2)C1. The minimum Gasteiger partial charge on any atom is -0.444 e. The number of hydrogen-bond acceptors (Lipinski definition) is 7. The Kier molecular flexibility index (Phi) is 5.04. The van der Waals surface area contributed by atoms with Crippen LogP contribution in [0.4, 0.5) is 10.7 Å². The minimum absolute atomic E-state index is 0.0801. The van der Waals surface area contributed by atoms with E-state index in [1.807, 2.05) is 45.2 Å². The lowest BCUT2D eigenvalue weighted by molar-refractivity contribution is 0.0505. The molecule has 1 aliphatic carbocycles. The van der Waals surface area contributed by atoms with Gasteiger partial charge in [-0.15, -0.1) is 0 Å². The highest BCUT2D eigenvalue weighted by Gasteiger charge is 2.28. The van der Waals surface area contributed by atoms with Crippen LogP contribution < -0.4 is 10.6 Å². The summed E-state index contributed by atoms with van der Waals surface area (Å²) in [4.78, 5) is 25.5. The molecule has 0 unspecified atom stereocenters. The number of nitrogens with one attached hydrogen (secondary N) is 2. The van der Waals surface area contributed by atoms with Crippen LogP contribution in [0.1, 0.15) is 40.0 Å². The Morgan fingerprint density at radius 3 is 2.72 bits per heavy atom. The molecule has 1 aliphatic rings. The van der Waals surface area contributed by atoms with Crippen LogP contribution in [0.25, 0.3) is 17.0 Å². The first kappa shape index (κ1) is 19.1. The van der Waals surface area contributed by atoms with Gasteiger partial charge in [-0.05, 0) is 52.2 Å². The molecule has 0 bridgehead atoms. The topological polar surface area (TPSA) is 106 Å². The molecule has 3 aromatic heterocycles. The molecule has 0 aromatic carbocycles. The highest BCUT2D eigenvalue weighted by Crippen LogP contribution is 2.23. The zero-order valence-corrected chi connectivity index (χ0v) is 16.8. The van der Waals surface area contributed by atoms with Crippen LogP contribution in [0.5, 0.6) is 0 Å². The largest absolute Gasteiger partial charge is 0.444 e. The van der Waals surface area contributed by atoms with Crippen molar-refractivity contribution in [2.24, 2.45) is 0 Å². The van der Waals surface area contributed by atoms with Gasteiger partial charge in [0.1, 0.15) is 5.60 Å². The molecule has 3 heterocycles. The Morgan fingerprint density at radius 1 is 1.10 bits per heavy atom. The highest BCUT2D eigenvalue weighted by molar-refractivity contribution is 5.68. The van der Waals surface area contributed by atoms with Crippen LogP contribution in [0.3, 0.4) is 0 Å². The van der Waals surface area contributed by atoms with Crippen molar-refractivity contribution in [2.45, 2.75) is 57.7 Å². The molecule has 0 saturated heterocycles. The molecular weight excluding hydrogens is 370 g/mol. The third-order valence-corrected chi connectivity index (χ3v) is 4.66. The zero-order valence-electron chi connectivity index (χ0n) is 16.8. The van der Waals surface area contributed by atoms with Crippen LogP contribution in [0, 0.1) is 0 Å². The van der Waals surface area contributed by atoms with Gasteiger partial charge in [-0.2, -0.15) is 5.10 Å². The summed E-state index contributed by atoms with van der Waals surface area (Å²) in [5.41, 5.74) is 1.78. The summed E-state index contributed by atoms with van der Waals surface area (Å²) in [5.74, 6) is 0.556. The van der Waals surface area contributed by atoms with E-state index >= 15 is 0 Å². The van der Waals surface area contributed by atoms with Gasteiger partial charge >= 0.3 is 6.09 Å². The number of carbonyl (C=O) groups is 1. The lowest BCUT2D eigenvalue weighted by atomic mass is 10.2. The van der Waals surface area contributed by atoms with Crippen LogP contribution in [-0.2, 0) is 4.74 Å². The molecule has 1 saturated carbocycles. The van der Waals surface area contributed by atoms with Gasteiger partial charge in [-0.25, -0.2) is 24.3 Å². The molecule has 29 heavy (non-hydrogen) atoms. The molecular formula is C20H25N7O2. The molecule has 0 aliphatic heterocycles. The van der Waals surface area contributed by atoms with Gasteiger partial charge in [0, 0.05) is 30.5 Å². The van der Waals surface area contributed by atoms with Gasteiger partial charge in [-0.3, -0.25) is 0 Å². The summed E-state index contributed by atoms with van der Waals surface area (Å²) in [5, 5.41) is 10.5. The summed E-state index contributed by atoms with van der Waals surface area (Å²) in [6.07, 6.45) is 7.52. The Morgan fingerprint density at radius 2 is 1.90 bits per heavy atom. The van der Waals surface area contributed by atoms with Gasteiger partial charge in [0.25, 0.3) is 0 Å². The van der Waals surface area contributed by atoms with Gasteiger partial charge in [0.2, 0.25) is 5.95 Å². The third kappa shape index (κ3) is 4.79. The Bertz CT molecular complexity index is 1010. The van der Waals surface area contributed by atoms with E-state index in [0.717, 1.165) is 36.3 Å². The van der Waals surface area contributed by atoms with Gasteiger partial charge in [0.05, 0.1) is 17.6 Å². The average molecular weight is 395 g/mol. The quantitative estimate of drug-likeness (QED) is 0.699. The van der Waals surface area contributed by atoms with Crippen molar-refractivity contribution in [3.05, 3.63) is 36.8 Å². The smallest absolute Gasteiger partial charge is 0.407 e. The number of alkyl carbamates (subject to hydrolysis) is 1. The van der Waals surface area contributed by atoms with E-state index < -0.39 is 5.60 Å². The molecule has 1 fully saturated rings. The summed E-state index contributed by atoms with van der Waals surface area (Å²) in [7, 11) is 0. The Balaban J connectivity index is 1.38. The van der Waals surface area contributed by atoms with Crippen molar-refractivity contribution in [3.63, 3.8) is 0 Å². The van der Waals surface area contributed by atoms with Gasteiger partial charge in [0.15, 0.2) is 5.65 Å². The molecule has 2 atom stereocenters. The average Bonchev–Trinajstić information content (AvgIpc) is 3.29. The second-order valence-electron chi connectivity index (χ2n) is 8.21. The number of hydrogen-bond donors (Lipinski definition) is 2. The Hall–Kier alpha value is -3.23. The number of fused-ring (bicyclic) bond motifs is 1. The van der Waals surface area contributed by atoms with E-state index in [1.165, 1.54) is 0 Å². The second-order valence-corrected chi connectivity index (χ2v) is 8.21. The zero-order chi connectivity index (χ0) is 20.4. The van der Waals surface area contributed by atoms with Crippen molar-refractivity contribution in [2.75, 3.05) is 5.32 Å². The molecule has 152 valence electrons. The number of nitrogens with zero attached hydrogens (tertiary/aromatic N) is 5. The van der Waals surface area contributed by atoms with Crippen LogP contribution in [-0.4, -0.2) is 48.3 Å². The van der Waals surface area contributed by atoms with E-state index in [1.54, 1.807) is 16.9 Å². The van der Waals surface area contributed by atoms with E-state index in [2.05, 4.69) is 30.7 Å². The predicted octanol–water partition coefficient (Wildman–Crippen LogP) is 3.04. The van der Waals surface area contributed by atoms with Crippen LogP contribution in [0.15, 0.2) is 36.8 Å². The number of carbonyl (C=O) groups excluding carboxylic acids is 1. The molecule has 1 amide bonds. The third-order valence-electron chi connectivity index (χ3n) is 4.66. The number of aromatic nitrogens is 5. The number of ether oxygens (including phenoxy) is 1. The Labute approximate surface area is 168 Å². The fourth-order valence-corrected chi connectivity index (χ4v) is 3.43. The van der Waals surface area contributed by atoms with E-state index in [-0.39, 0.29) is 18.2 Å². The van der Waals surface area contributed by atoms with Crippen molar-refractivity contribution < 1.29 is 9.53 Å². The minimum atomic E-state index is -0.497. The lowest BCUT2D eigenvalue weighted by Gasteiger charge is -2.21. The first-order valence-corrected chi connectivity index (χ1v) is 9.75. The maximum atomic E-state index is 12.0. The van der Waals surface area contributed by atoms with Crippen molar-refractivity contribution in [1.29, 1.82) is 0 Å². The molecule has 3 aromatic rings. The standard InChI is InChI=1S/C20H25N7O2/c1-20(2,3)29-19(28)24-14-5-4-13(12-14)23-18-21-9-6-15(26-18)16-8-11-27-17(25-16)7-10-22-27/h6-11,13-14H,4-5,12H2,1-3H3,(H,24,28)(H,21,23,26)/t13-,14-/m0/s1. The lowest BCUT2D eigenvalue weighted by Crippen LogP contribution is -2.38. The first-order valence-electron chi connectivity index (χ1n) is 9.75. The molecule has 9 nitrogen and oxygen atoms in total. The highest BCUT2D eigenvalue weighted by atomic mass is 16.6. The van der Waals surface area contributed by atoms with Crippen LogP contribution >= 0.6 is 0 Å². The number of anilines is 1. The first-order chi connectivity index (χ1) is 13.9.